The van der Waals surface area contributed by atoms with Gasteiger partial charge in [-0.15, -0.1) is 0 Å². The molecule has 0 saturated heterocycles. The maximum atomic E-state index is 12.3. The number of amides is 1. The first kappa shape index (κ1) is 14.5. The molecule has 0 aliphatic carbocycles. The highest BCUT2D eigenvalue weighted by molar-refractivity contribution is 6.05. The van der Waals surface area contributed by atoms with Crippen LogP contribution in [-0.4, -0.2) is 26.8 Å². The minimum Gasteiger partial charge on any atom is -0.478 e. The molecule has 0 spiro atoms. The molecule has 0 radical (unpaired) electrons. The Hall–Kier alpha value is -2.89. The normalized spacial score (nSPS) is 10.8. The molecular formula is C15H15N3O3. The van der Waals surface area contributed by atoms with Crippen LogP contribution < -0.4 is 5.32 Å². The van der Waals surface area contributed by atoms with E-state index in [0.717, 1.165) is 11.6 Å². The van der Waals surface area contributed by atoms with Crippen LogP contribution in [0.2, 0.25) is 0 Å². The van der Waals surface area contributed by atoms with E-state index in [2.05, 4.69) is 10.4 Å². The van der Waals surface area contributed by atoms with E-state index in [-0.39, 0.29) is 5.91 Å². The van der Waals surface area contributed by atoms with Gasteiger partial charge in [0.2, 0.25) is 0 Å². The lowest BCUT2D eigenvalue weighted by molar-refractivity contribution is -0.131. The molecule has 0 atom stereocenters. The second-order valence-corrected chi connectivity index (χ2v) is 4.49. The number of aryl methyl sites for hydroxylation is 1. The van der Waals surface area contributed by atoms with Gasteiger partial charge >= 0.3 is 5.97 Å². The van der Waals surface area contributed by atoms with Crippen molar-refractivity contribution in [3.05, 3.63) is 53.2 Å². The average Bonchev–Trinajstić information content (AvgIpc) is 2.83. The van der Waals surface area contributed by atoms with Crippen LogP contribution in [0.15, 0.2) is 36.5 Å². The molecule has 2 aromatic rings. The second-order valence-electron chi connectivity index (χ2n) is 4.49. The van der Waals surface area contributed by atoms with Gasteiger partial charge in [0.1, 0.15) is 5.82 Å². The number of aromatic nitrogens is 2. The summed E-state index contributed by atoms with van der Waals surface area (Å²) in [4.78, 5) is 22.9. The predicted octanol–water partition coefficient (Wildman–Crippen LogP) is 2.08. The minimum atomic E-state index is -1.03. The molecule has 0 bridgehead atoms. The number of benzene rings is 1. The molecule has 1 aromatic heterocycles. The van der Waals surface area contributed by atoms with Gasteiger partial charge in [0, 0.05) is 24.8 Å². The van der Waals surface area contributed by atoms with Crippen LogP contribution in [0, 0.1) is 6.92 Å². The number of aliphatic carboxylic acids is 1. The third kappa shape index (κ3) is 3.36. The Morgan fingerprint density at radius 1 is 1.33 bits per heavy atom. The summed E-state index contributed by atoms with van der Waals surface area (Å²) in [5, 5.41) is 15.4. The first-order valence-corrected chi connectivity index (χ1v) is 6.29. The van der Waals surface area contributed by atoms with Gasteiger partial charge in [-0.2, -0.15) is 5.10 Å². The van der Waals surface area contributed by atoms with E-state index in [1.807, 2.05) is 0 Å². The van der Waals surface area contributed by atoms with Crippen molar-refractivity contribution in [2.75, 3.05) is 5.32 Å². The highest BCUT2D eigenvalue weighted by atomic mass is 16.4. The van der Waals surface area contributed by atoms with Gasteiger partial charge in [-0.3, -0.25) is 9.48 Å². The number of carbonyl (C=O) groups excluding carboxylic acids is 1. The molecule has 1 amide bonds. The average molecular weight is 285 g/mol. The number of carbonyl (C=O) groups is 2. The molecule has 0 aliphatic rings. The minimum absolute atomic E-state index is 0.262. The summed E-state index contributed by atoms with van der Waals surface area (Å²) in [5.74, 6) is -0.702. The number of nitrogens with zero attached hydrogens (tertiary/aromatic N) is 2. The Kier molecular flexibility index (Phi) is 4.18. The fraction of sp³-hybridized carbons (Fsp3) is 0.133. The molecule has 6 heteroatoms. The van der Waals surface area contributed by atoms with Crippen LogP contribution in [0.25, 0.3) is 6.08 Å². The zero-order valence-corrected chi connectivity index (χ0v) is 11.7. The maximum Gasteiger partial charge on any atom is 0.328 e. The lowest BCUT2D eigenvalue weighted by Crippen LogP contribution is -2.16. The first-order chi connectivity index (χ1) is 9.99. The van der Waals surface area contributed by atoms with Crippen molar-refractivity contribution in [3.63, 3.8) is 0 Å². The predicted molar refractivity (Wildman–Crippen MR) is 79.0 cm³/mol. The number of rotatable bonds is 4. The van der Waals surface area contributed by atoms with Crippen LogP contribution in [0.3, 0.4) is 0 Å². The summed E-state index contributed by atoms with van der Waals surface area (Å²) in [6.07, 6.45) is 4.11. The van der Waals surface area contributed by atoms with Crippen LogP contribution >= 0.6 is 0 Å². The van der Waals surface area contributed by atoms with Crippen molar-refractivity contribution in [2.45, 2.75) is 6.92 Å². The molecule has 0 fully saturated rings. The van der Waals surface area contributed by atoms with E-state index in [0.29, 0.717) is 16.9 Å². The number of nitrogens with one attached hydrogen (secondary N) is 1. The van der Waals surface area contributed by atoms with Crippen molar-refractivity contribution in [3.8, 4) is 0 Å². The second kappa shape index (κ2) is 6.04. The molecule has 1 aromatic carbocycles. The highest BCUT2D eigenvalue weighted by Crippen LogP contribution is 2.17. The molecule has 0 saturated carbocycles. The van der Waals surface area contributed by atoms with Gasteiger partial charge in [0.05, 0.1) is 6.20 Å². The quantitative estimate of drug-likeness (QED) is 0.842. The fourth-order valence-electron chi connectivity index (χ4n) is 1.92. The Bertz CT molecular complexity index is 717. The molecule has 2 N–H and O–H groups in total. The molecule has 6 nitrogen and oxygen atoms in total. The Morgan fingerprint density at radius 3 is 2.71 bits per heavy atom. The lowest BCUT2D eigenvalue weighted by atomic mass is 10.0. The number of anilines is 1. The fourth-order valence-corrected chi connectivity index (χ4v) is 1.92. The molecule has 2 rings (SSSR count). The summed E-state index contributed by atoms with van der Waals surface area (Å²) in [6, 6.07) is 6.86. The largest absolute Gasteiger partial charge is 0.478 e. The summed E-state index contributed by atoms with van der Waals surface area (Å²) in [7, 11) is 1.73. The lowest BCUT2D eigenvalue weighted by Gasteiger charge is -2.09. The summed E-state index contributed by atoms with van der Waals surface area (Å²) in [6.45, 7) is 1.78. The van der Waals surface area contributed by atoms with Crippen LogP contribution in [0.5, 0.6) is 0 Å². The van der Waals surface area contributed by atoms with Gasteiger partial charge in [0.25, 0.3) is 5.91 Å². The van der Waals surface area contributed by atoms with Crippen molar-refractivity contribution >= 4 is 23.8 Å². The van der Waals surface area contributed by atoms with Gasteiger partial charge < -0.3 is 10.4 Å². The van der Waals surface area contributed by atoms with Gasteiger partial charge in [-0.25, -0.2) is 4.79 Å². The maximum absolute atomic E-state index is 12.3. The van der Waals surface area contributed by atoms with Crippen LogP contribution in [0.4, 0.5) is 5.82 Å². The van der Waals surface area contributed by atoms with Gasteiger partial charge in [-0.05, 0) is 30.2 Å². The molecule has 0 unspecified atom stereocenters. The van der Waals surface area contributed by atoms with E-state index >= 15 is 0 Å². The van der Waals surface area contributed by atoms with Crippen LogP contribution in [-0.2, 0) is 11.8 Å². The van der Waals surface area contributed by atoms with E-state index in [1.165, 1.54) is 6.08 Å². The van der Waals surface area contributed by atoms with E-state index < -0.39 is 5.97 Å². The smallest absolute Gasteiger partial charge is 0.328 e. The Balaban J connectivity index is 2.28. The monoisotopic (exact) mass is 285 g/mol. The SMILES string of the molecule is Cc1c(C=CC(=O)O)cccc1C(=O)Nc1ccnn1C. The van der Waals surface area contributed by atoms with E-state index in [9.17, 15) is 9.59 Å². The Morgan fingerprint density at radius 2 is 2.10 bits per heavy atom. The van der Waals surface area contributed by atoms with Gasteiger partial charge in [0.15, 0.2) is 0 Å². The zero-order chi connectivity index (χ0) is 15.4. The van der Waals surface area contributed by atoms with Crippen molar-refractivity contribution in [2.24, 2.45) is 7.05 Å². The number of carboxylic acids is 1. The molecular weight excluding hydrogens is 270 g/mol. The molecule has 0 aliphatic heterocycles. The van der Waals surface area contributed by atoms with E-state index in [1.54, 1.807) is 49.1 Å². The molecule has 1 heterocycles. The molecule has 21 heavy (non-hydrogen) atoms. The molecule has 108 valence electrons. The van der Waals surface area contributed by atoms with Crippen molar-refractivity contribution < 1.29 is 14.7 Å². The third-order valence-corrected chi connectivity index (χ3v) is 3.09. The summed E-state index contributed by atoms with van der Waals surface area (Å²) < 4.78 is 1.56. The van der Waals surface area contributed by atoms with Crippen LogP contribution in [0.1, 0.15) is 21.5 Å². The Labute approximate surface area is 121 Å². The first-order valence-electron chi connectivity index (χ1n) is 6.29. The highest BCUT2D eigenvalue weighted by Gasteiger charge is 2.12. The van der Waals surface area contributed by atoms with Crippen molar-refractivity contribution in [1.82, 2.24) is 9.78 Å². The summed E-state index contributed by atoms with van der Waals surface area (Å²) in [5.41, 5.74) is 1.90. The standard InChI is InChI=1S/C15H15N3O3/c1-10-11(6-7-14(19)20)4-3-5-12(10)15(21)17-13-8-9-16-18(13)2/h3-9H,1-2H3,(H,17,21)(H,19,20). The number of hydrogen-bond acceptors (Lipinski definition) is 3. The van der Waals surface area contributed by atoms with E-state index in [4.69, 9.17) is 5.11 Å². The van der Waals surface area contributed by atoms with Gasteiger partial charge in [-0.1, -0.05) is 12.1 Å². The van der Waals surface area contributed by atoms with Crippen molar-refractivity contribution in [1.29, 1.82) is 0 Å². The zero-order valence-electron chi connectivity index (χ0n) is 11.7. The summed E-state index contributed by atoms with van der Waals surface area (Å²) >= 11 is 0. The topological polar surface area (TPSA) is 84.2 Å². The number of hydrogen-bond donors (Lipinski definition) is 2. The third-order valence-electron chi connectivity index (χ3n) is 3.09. The number of carboxylic acid groups (broad SMARTS) is 1.